The Morgan fingerprint density at radius 2 is 2.08 bits per heavy atom. The molecule has 0 amide bonds. The molecule has 0 saturated carbocycles. The van der Waals surface area contributed by atoms with E-state index in [4.69, 9.17) is 0 Å². The average molecular weight is 352 g/mol. The number of ketones is 2. The summed E-state index contributed by atoms with van der Waals surface area (Å²) in [5, 5.41) is 16.9. The van der Waals surface area contributed by atoms with E-state index in [1.165, 1.54) is 39.8 Å². The summed E-state index contributed by atoms with van der Waals surface area (Å²) in [6, 6.07) is 5.78. The van der Waals surface area contributed by atoms with Crippen molar-refractivity contribution in [3.63, 3.8) is 0 Å². The van der Waals surface area contributed by atoms with Crippen LogP contribution in [0.4, 0.5) is 4.39 Å². The molecule has 3 rings (SSSR count). The lowest BCUT2D eigenvalue weighted by atomic mass is 9.98. The summed E-state index contributed by atoms with van der Waals surface area (Å²) in [5.74, 6) is -3.45. The third-order valence-corrected chi connectivity index (χ3v) is 3.85. The quantitative estimate of drug-likeness (QED) is 0.510. The van der Waals surface area contributed by atoms with Gasteiger partial charge in [-0.15, -0.1) is 5.10 Å². The number of nitrogens with zero attached hydrogens (tertiary/aromatic N) is 6. The second-order valence-corrected chi connectivity index (χ2v) is 5.63. The Hall–Kier alpha value is -3.67. The van der Waals surface area contributed by atoms with Gasteiger partial charge in [-0.1, -0.05) is 5.21 Å². The molecule has 9 heteroatoms. The van der Waals surface area contributed by atoms with Gasteiger partial charge in [-0.05, 0) is 30.7 Å². The van der Waals surface area contributed by atoms with Crippen molar-refractivity contribution in [2.45, 2.75) is 6.92 Å². The predicted molar refractivity (Wildman–Crippen MR) is 87.0 cm³/mol. The van der Waals surface area contributed by atoms with E-state index in [0.717, 1.165) is 0 Å². The van der Waals surface area contributed by atoms with Gasteiger partial charge in [0.2, 0.25) is 11.6 Å². The van der Waals surface area contributed by atoms with Crippen LogP contribution in [0.5, 0.6) is 0 Å². The highest BCUT2D eigenvalue weighted by atomic mass is 19.1. The van der Waals surface area contributed by atoms with Gasteiger partial charge in [-0.25, -0.2) is 14.1 Å². The lowest BCUT2D eigenvalue weighted by Crippen LogP contribution is -2.25. The van der Waals surface area contributed by atoms with E-state index in [-0.39, 0.29) is 11.5 Å². The third kappa shape index (κ3) is 3.00. The average Bonchev–Trinajstić information content (AvgIpc) is 3.24. The number of carbonyl (C=O) groups is 2. The van der Waals surface area contributed by atoms with Gasteiger partial charge in [0.05, 0.1) is 18.0 Å². The summed E-state index contributed by atoms with van der Waals surface area (Å²) in [6.45, 7) is 1.68. The minimum atomic E-state index is -1.57. The van der Waals surface area contributed by atoms with Gasteiger partial charge in [-0.2, -0.15) is 5.26 Å². The molecular weight excluding hydrogens is 339 g/mol. The molecular formula is C17H13FN6O2. The zero-order chi connectivity index (χ0) is 18.8. The van der Waals surface area contributed by atoms with E-state index in [0.29, 0.717) is 11.3 Å². The summed E-state index contributed by atoms with van der Waals surface area (Å²) in [6.07, 6.45) is 4.25. The Morgan fingerprint density at radius 3 is 2.69 bits per heavy atom. The van der Waals surface area contributed by atoms with Gasteiger partial charge in [0.1, 0.15) is 5.82 Å². The Balaban J connectivity index is 1.90. The van der Waals surface area contributed by atoms with Crippen LogP contribution in [-0.2, 0) is 7.05 Å². The minimum absolute atomic E-state index is 0.00618. The minimum Gasteiger partial charge on any atom is -0.332 e. The lowest BCUT2D eigenvalue weighted by molar-refractivity contribution is 0.0835. The fourth-order valence-corrected chi connectivity index (χ4v) is 2.49. The Kier molecular flexibility index (Phi) is 4.41. The molecule has 0 saturated heterocycles. The molecule has 1 atom stereocenters. The van der Waals surface area contributed by atoms with Crippen LogP contribution < -0.4 is 0 Å². The van der Waals surface area contributed by atoms with E-state index >= 15 is 0 Å². The molecule has 0 aliphatic rings. The normalized spacial score (nSPS) is 11.8. The number of benzene rings is 1. The van der Waals surface area contributed by atoms with Crippen molar-refractivity contribution in [1.82, 2.24) is 24.5 Å². The Labute approximate surface area is 147 Å². The fourth-order valence-electron chi connectivity index (χ4n) is 2.49. The van der Waals surface area contributed by atoms with Gasteiger partial charge in [0.15, 0.2) is 17.4 Å². The standard InChI is InChI=1S/C17H13FN6O2/c1-10-7-11(18)3-4-14(10)24-9-13(21-22-24)15(25)12(8-19)16(26)17-20-5-6-23(17)2/h3-7,9,12H,1-2H3. The summed E-state index contributed by atoms with van der Waals surface area (Å²) in [7, 11) is 1.59. The molecule has 0 N–H and O–H groups in total. The maximum absolute atomic E-state index is 13.2. The number of hydrogen-bond acceptors (Lipinski definition) is 6. The van der Waals surface area contributed by atoms with Gasteiger partial charge in [-0.3, -0.25) is 9.59 Å². The smallest absolute Gasteiger partial charge is 0.223 e. The van der Waals surface area contributed by atoms with Crippen LogP contribution in [0, 0.1) is 30.0 Å². The number of aromatic nitrogens is 5. The topological polar surface area (TPSA) is 106 Å². The summed E-state index contributed by atoms with van der Waals surface area (Å²) < 4.78 is 15.9. The zero-order valence-corrected chi connectivity index (χ0v) is 13.9. The molecule has 8 nitrogen and oxygen atoms in total. The maximum atomic E-state index is 13.2. The van der Waals surface area contributed by atoms with Crippen molar-refractivity contribution in [2.24, 2.45) is 13.0 Å². The molecule has 0 aliphatic carbocycles. The first-order valence-electron chi connectivity index (χ1n) is 7.56. The van der Waals surface area contributed by atoms with E-state index in [9.17, 15) is 19.2 Å². The first-order chi connectivity index (χ1) is 12.4. The maximum Gasteiger partial charge on any atom is 0.223 e. The highest BCUT2D eigenvalue weighted by molar-refractivity contribution is 6.16. The molecule has 0 radical (unpaired) electrons. The van der Waals surface area contributed by atoms with Crippen LogP contribution in [0.15, 0.2) is 36.8 Å². The molecule has 130 valence electrons. The monoisotopic (exact) mass is 352 g/mol. The van der Waals surface area contributed by atoms with Crippen LogP contribution in [0.3, 0.4) is 0 Å². The molecule has 1 aromatic carbocycles. The van der Waals surface area contributed by atoms with Gasteiger partial charge >= 0.3 is 0 Å². The molecule has 0 fully saturated rings. The fraction of sp³-hybridized carbons (Fsp3) is 0.176. The van der Waals surface area contributed by atoms with E-state index in [1.807, 2.05) is 0 Å². The summed E-state index contributed by atoms with van der Waals surface area (Å²) in [4.78, 5) is 28.8. The number of aryl methyl sites for hydroxylation is 2. The van der Waals surface area contributed by atoms with Crippen molar-refractivity contribution >= 4 is 11.6 Å². The van der Waals surface area contributed by atoms with Crippen molar-refractivity contribution < 1.29 is 14.0 Å². The predicted octanol–water partition coefficient (Wildman–Crippen LogP) is 1.65. The lowest BCUT2D eigenvalue weighted by Gasteiger charge is -2.05. The molecule has 3 aromatic rings. The molecule has 2 heterocycles. The Morgan fingerprint density at radius 1 is 1.31 bits per heavy atom. The van der Waals surface area contributed by atoms with Gasteiger partial charge < -0.3 is 4.57 Å². The Bertz CT molecular complexity index is 1050. The number of nitriles is 1. The first-order valence-corrected chi connectivity index (χ1v) is 7.56. The molecule has 0 aliphatic heterocycles. The van der Waals surface area contributed by atoms with Crippen molar-refractivity contribution in [3.8, 4) is 11.8 Å². The van der Waals surface area contributed by atoms with Gasteiger partial charge in [0, 0.05) is 19.4 Å². The van der Waals surface area contributed by atoms with Crippen molar-refractivity contribution in [1.29, 1.82) is 5.26 Å². The number of carbonyl (C=O) groups excluding carboxylic acids is 2. The van der Waals surface area contributed by atoms with E-state index in [2.05, 4.69) is 15.3 Å². The van der Waals surface area contributed by atoms with Crippen molar-refractivity contribution in [2.75, 3.05) is 0 Å². The van der Waals surface area contributed by atoms with Gasteiger partial charge in [0.25, 0.3) is 0 Å². The van der Waals surface area contributed by atoms with Crippen LogP contribution in [0.25, 0.3) is 5.69 Å². The SMILES string of the molecule is Cc1cc(F)ccc1-n1cc(C(=O)C(C#N)C(=O)c2nccn2C)nn1. The number of rotatable bonds is 5. The molecule has 2 aromatic heterocycles. The molecule has 0 spiro atoms. The van der Waals surface area contributed by atoms with Crippen LogP contribution in [0.1, 0.15) is 26.7 Å². The number of imidazole rings is 1. The second-order valence-electron chi connectivity index (χ2n) is 5.63. The third-order valence-electron chi connectivity index (χ3n) is 3.85. The van der Waals surface area contributed by atoms with E-state index < -0.39 is 23.3 Å². The number of hydrogen-bond donors (Lipinski definition) is 0. The second kappa shape index (κ2) is 6.68. The first kappa shape index (κ1) is 17.2. The molecule has 26 heavy (non-hydrogen) atoms. The van der Waals surface area contributed by atoms with Crippen LogP contribution in [-0.4, -0.2) is 36.1 Å². The highest BCUT2D eigenvalue weighted by Crippen LogP contribution is 2.17. The summed E-state index contributed by atoms with van der Waals surface area (Å²) >= 11 is 0. The number of halogens is 1. The molecule has 0 bridgehead atoms. The van der Waals surface area contributed by atoms with Crippen molar-refractivity contribution in [3.05, 3.63) is 59.7 Å². The number of Topliss-reactive ketones (excluding diaryl/α,β-unsaturated/α-hetero) is 2. The highest BCUT2D eigenvalue weighted by Gasteiger charge is 2.32. The van der Waals surface area contributed by atoms with Crippen LogP contribution >= 0.6 is 0 Å². The van der Waals surface area contributed by atoms with E-state index in [1.54, 1.807) is 26.2 Å². The summed E-state index contributed by atoms with van der Waals surface area (Å²) in [5.41, 5.74) is 0.986. The van der Waals surface area contributed by atoms with Crippen LogP contribution in [0.2, 0.25) is 0 Å². The largest absolute Gasteiger partial charge is 0.332 e. The zero-order valence-electron chi connectivity index (χ0n) is 13.9. The molecule has 1 unspecified atom stereocenters.